The van der Waals surface area contributed by atoms with Crippen LogP contribution >= 0.6 is 0 Å². The number of pyridine rings is 2. The van der Waals surface area contributed by atoms with Crippen molar-refractivity contribution in [3.8, 4) is 5.75 Å². The fraction of sp³-hybridized carbons (Fsp3) is 0.308. The molecule has 4 aromatic rings. The van der Waals surface area contributed by atoms with Crippen molar-refractivity contribution in [3.05, 3.63) is 65.0 Å². The number of H-pyrrole nitrogens is 1. The largest absolute Gasteiger partial charge is 0.493 e. The summed E-state index contributed by atoms with van der Waals surface area (Å²) in [6.45, 7) is 1.83. The zero-order valence-electron chi connectivity index (χ0n) is 21.0. The summed E-state index contributed by atoms with van der Waals surface area (Å²) in [5.74, 6) is 1.71. The van der Waals surface area contributed by atoms with Crippen molar-refractivity contribution in [2.75, 3.05) is 49.8 Å². The van der Waals surface area contributed by atoms with Crippen LogP contribution in [0.4, 0.5) is 33.3 Å². The van der Waals surface area contributed by atoms with Crippen molar-refractivity contribution in [1.29, 1.82) is 0 Å². The molecule has 0 saturated carbocycles. The van der Waals surface area contributed by atoms with Crippen molar-refractivity contribution in [2.45, 2.75) is 18.9 Å². The molecule has 0 unspecified atom stereocenters. The van der Waals surface area contributed by atoms with Gasteiger partial charge in [-0.1, -0.05) is 12.1 Å². The maximum atomic E-state index is 14.0. The molecule has 0 radical (unpaired) electrons. The fourth-order valence-corrected chi connectivity index (χ4v) is 4.53. The molecule has 3 N–H and O–H groups in total. The minimum absolute atomic E-state index is 0.162. The molecule has 10 nitrogen and oxygen atoms in total. The van der Waals surface area contributed by atoms with Gasteiger partial charge in [0.05, 0.1) is 24.5 Å². The van der Waals surface area contributed by atoms with Crippen molar-refractivity contribution in [3.63, 3.8) is 0 Å². The van der Waals surface area contributed by atoms with E-state index in [1.54, 1.807) is 43.8 Å². The monoisotopic (exact) mass is 504 g/mol. The van der Waals surface area contributed by atoms with Gasteiger partial charge in [-0.05, 0) is 45.1 Å². The summed E-state index contributed by atoms with van der Waals surface area (Å²) in [5.41, 5.74) is 0.619. The van der Waals surface area contributed by atoms with Crippen LogP contribution in [-0.4, -0.2) is 65.2 Å². The van der Waals surface area contributed by atoms with E-state index in [0.29, 0.717) is 34.6 Å². The number of methoxy groups -OCH3 is 1. The number of ether oxygens (including phenoxy) is 1. The van der Waals surface area contributed by atoms with Crippen LogP contribution in [0.2, 0.25) is 0 Å². The lowest BCUT2D eigenvalue weighted by molar-refractivity contribution is 0.249. The molecule has 4 heterocycles. The van der Waals surface area contributed by atoms with Crippen LogP contribution in [0.15, 0.2) is 53.6 Å². The zero-order valence-corrected chi connectivity index (χ0v) is 21.0. The number of para-hydroxylation sites is 1. The Morgan fingerprint density at radius 3 is 2.70 bits per heavy atom. The molecule has 0 aliphatic carbocycles. The van der Waals surface area contributed by atoms with Crippen LogP contribution in [0.1, 0.15) is 12.8 Å². The van der Waals surface area contributed by atoms with Gasteiger partial charge in [-0.25, -0.2) is 14.4 Å². The number of aromatic nitrogens is 4. The molecule has 1 aliphatic rings. The van der Waals surface area contributed by atoms with Gasteiger partial charge in [0.15, 0.2) is 11.6 Å². The maximum absolute atomic E-state index is 14.0. The second kappa shape index (κ2) is 10.4. The Morgan fingerprint density at radius 1 is 1.14 bits per heavy atom. The molecule has 1 aromatic carbocycles. The van der Waals surface area contributed by atoms with Gasteiger partial charge in [0.2, 0.25) is 5.95 Å². The average Bonchev–Trinajstić information content (AvgIpc) is 2.90. The van der Waals surface area contributed by atoms with Crippen LogP contribution in [0.25, 0.3) is 10.9 Å². The van der Waals surface area contributed by atoms with Gasteiger partial charge in [-0.3, -0.25) is 4.79 Å². The number of rotatable bonds is 7. The minimum atomic E-state index is -0.484. The quantitative estimate of drug-likeness (QED) is 0.345. The summed E-state index contributed by atoms with van der Waals surface area (Å²) in [4.78, 5) is 32.9. The van der Waals surface area contributed by atoms with E-state index in [4.69, 9.17) is 4.74 Å². The summed E-state index contributed by atoms with van der Waals surface area (Å²) < 4.78 is 19.6. The minimum Gasteiger partial charge on any atom is -0.493 e. The van der Waals surface area contributed by atoms with Crippen LogP contribution < -0.4 is 25.8 Å². The van der Waals surface area contributed by atoms with E-state index in [0.717, 1.165) is 31.7 Å². The second-order valence-electron chi connectivity index (χ2n) is 9.16. The number of anilines is 5. The van der Waals surface area contributed by atoms with Gasteiger partial charge in [-0.15, -0.1) is 0 Å². The molecular formula is C26H29FN8O2. The summed E-state index contributed by atoms with van der Waals surface area (Å²) in [5, 5.41) is 6.70. The molecule has 11 heteroatoms. The number of piperidine rings is 1. The highest BCUT2D eigenvalue weighted by Gasteiger charge is 2.23. The third-order valence-electron chi connectivity index (χ3n) is 6.55. The van der Waals surface area contributed by atoms with Gasteiger partial charge in [-0.2, -0.15) is 4.98 Å². The van der Waals surface area contributed by atoms with Crippen molar-refractivity contribution in [1.82, 2.24) is 24.8 Å². The Labute approximate surface area is 213 Å². The van der Waals surface area contributed by atoms with E-state index >= 15 is 0 Å². The topological polar surface area (TPSA) is 111 Å². The Morgan fingerprint density at radius 2 is 1.95 bits per heavy atom. The number of hydrogen-bond donors (Lipinski definition) is 3. The SMILES string of the molecule is COc1cc(Nc2nccc(Nc3cc4cccc(F)c4[nH]c3=O)n2)cnc1N1CCC(N(C)C)CC1. The molecule has 0 amide bonds. The zero-order chi connectivity index (χ0) is 25.9. The normalized spacial score (nSPS) is 14.2. The van der Waals surface area contributed by atoms with E-state index < -0.39 is 11.4 Å². The number of nitrogens with zero attached hydrogens (tertiary/aromatic N) is 5. The summed E-state index contributed by atoms with van der Waals surface area (Å²) in [6, 6.07) is 10.3. The van der Waals surface area contributed by atoms with E-state index in [9.17, 15) is 9.18 Å². The van der Waals surface area contributed by atoms with Gasteiger partial charge in [0.25, 0.3) is 5.56 Å². The number of fused-ring (bicyclic) bond motifs is 1. The van der Waals surface area contributed by atoms with Gasteiger partial charge in [0.1, 0.15) is 17.3 Å². The number of nitrogens with one attached hydrogen (secondary N) is 3. The number of benzene rings is 1. The average molecular weight is 505 g/mol. The van der Waals surface area contributed by atoms with E-state index in [2.05, 4.69) is 54.5 Å². The van der Waals surface area contributed by atoms with E-state index in [-0.39, 0.29) is 11.2 Å². The van der Waals surface area contributed by atoms with Gasteiger partial charge >= 0.3 is 0 Å². The Bertz CT molecular complexity index is 1470. The molecule has 1 fully saturated rings. The lowest BCUT2D eigenvalue weighted by Crippen LogP contribution is -2.42. The van der Waals surface area contributed by atoms with Crippen LogP contribution in [-0.2, 0) is 0 Å². The molecule has 0 atom stereocenters. The number of hydrogen-bond acceptors (Lipinski definition) is 9. The first-order chi connectivity index (χ1) is 17.9. The Hall–Kier alpha value is -4.25. The van der Waals surface area contributed by atoms with Crippen molar-refractivity contribution < 1.29 is 9.13 Å². The van der Waals surface area contributed by atoms with Crippen LogP contribution in [0, 0.1) is 5.82 Å². The molecule has 5 rings (SSSR count). The smallest absolute Gasteiger partial charge is 0.272 e. The molecule has 37 heavy (non-hydrogen) atoms. The molecule has 3 aromatic heterocycles. The van der Waals surface area contributed by atoms with Crippen molar-refractivity contribution in [2.24, 2.45) is 0 Å². The van der Waals surface area contributed by atoms with Crippen molar-refractivity contribution >= 4 is 39.9 Å². The molecular weight excluding hydrogens is 475 g/mol. The number of halogens is 1. The third kappa shape index (κ3) is 5.31. The van der Waals surface area contributed by atoms with E-state index in [1.807, 2.05) is 6.07 Å². The predicted molar refractivity (Wildman–Crippen MR) is 143 cm³/mol. The predicted octanol–water partition coefficient (Wildman–Crippen LogP) is 3.88. The molecule has 192 valence electrons. The Balaban J connectivity index is 1.32. The molecule has 0 bridgehead atoms. The summed E-state index contributed by atoms with van der Waals surface area (Å²) >= 11 is 0. The highest BCUT2D eigenvalue weighted by molar-refractivity contribution is 5.82. The standard InChI is InChI=1S/C26H29FN8O2/c1-34(2)18-8-11-35(12-9-18)24-21(37-3)14-17(15-29-24)30-26-28-10-7-22(32-26)31-20-13-16-5-4-6-19(27)23(16)33-25(20)36/h4-7,10,13-15,18H,8-9,11-12H2,1-3H3,(H,33,36)(H2,28,30,31,32). The first kappa shape index (κ1) is 24.4. The maximum Gasteiger partial charge on any atom is 0.272 e. The van der Waals surface area contributed by atoms with Gasteiger partial charge in [0, 0.05) is 36.8 Å². The molecule has 1 aliphatic heterocycles. The lowest BCUT2D eigenvalue weighted by Gasteiger charge is -2.36. The first-order valence-electron chi connectivity index (χ1n) is 12.1. The lowest BCUT2D eigenvalue weighted by atomic mass is 10.0. The highest BCUT2D eigenvalue weighted by Crippen LogP contribution is 2.32. The second-order valence-corrected chi connectivity index (χ2v) is 9.16. The molecule has 1 saturated heterocycles. The fourth-order valence-electron chi connectivity index (χ4n) is 4.53. The summed E-state index contributed by atoms with van der Waals surface area (Å²) in [6.07, 6.45) is 5.43. The van der Waals surface area contributed by atoms with Crippen LogP contribution in [0.3, 0.4) is 0 Å². The summed E-state index contributed by atoms with van der Waals surface area (Å²) in [7, 11) is 5.87. The van der Waals surface area contributed by atoms with Crippen LogP contribution in [0.5, 0.6) is 5.75 Å². The van der Waals surface area contributed by atoms with Gasteiger partial charge < -0.3 is 30.2 Å². The molecule has 0 spiro atoms. The number of aromatic amines is 1. The highest BCUT2D eigenvalue weighted by atomic mass is 19.1. The third-order valence-corrected chi connectivity index (χ3v) is 6.55. The Kier molecular flexibility index (Phi) is 6.87. The van der Waals surface area contributed by atoms with E-state index in [1.165, 1.54) is 6.07 Å². The first-order valence-corrected chi connectivity index (χ1v) is 12.1.